The van der Waals surface area contributed by atoms with Gasteiger partial charge in [0, 0.05) is 27.4 Å². The smallest absolute Gasteiger partial charge is 0.250 e. The van der Waals surface area contributed by atoms with Crippen molar-refractivity contribution in [3.05, 3.63) is 100 Å². The largest absolute Gasteiger partial charge is 0.457 e. The number of hydrogen-bond donors (Lipinski definition) is 2. The number of rotatable bonds is 5. The van der Waals surface area contributed by atoms with E-state index in [0.29, 0.717) is 38.3 Å². The molecule has 2 aromatic heterocycles. The summed E-state index contributed by atoms with van der Waals surface area (Å²) >= 11 is 17.4. The molecule has 0 unspecified atom stereocenters. The number of nitrogens with zero attached hydrogens (tertiary/aromatic N) is 3. The maximum atomic E-state index is 12.3. The first-order valence-electron chi connectivity index (χ1n) is 11.1. The third-order valence-corrected chi connectivity index (χ3v) is 6.28. The summed E-state index contributed by atoms with van der Waals surface area (Å²) in [6.07, 6.45) is 2.92. The molecule has 5 rings (SSSR count). The molecule has 0 bridgehead atoms. The van der Waals surface area contributed by atoms with E-state index in [2.05, 4.69) is 20.8 Å². The summed E-state index contributed by atoms with van der Waals surface area (Å²) < 4.78 is 5.77. The van der Waals surface area contributed by atoms with Gasteiger partial charge in [0.25, 0.3) is 0 Å². The molecule has 0 aliphatic heterocycles. The number of amides is 1. The second-order valence-electron chi connectivity index (χ2n) is 8.11. The molecule has 0 atom stereocenters. The number of anilines is 1. The molecule has 0 aliphatic carbocycles. The molecule has 3 aromatic carbocycles. The van der Waals surface area contributed by atoms with Crippen LogP contribution in [-0.4, -0.2) is 26.0 Å². The van der Waals surface area contributed by atoms with Gasteiger partial charge in [-0.3, -0.25) is 10.1 Å². The van der Waals surface area contributed by atoms with Crippen LogP contribution in [0.1, 0.15) is 11.3 Å². The topological polar surface area (TPSA) is 85.0 Å². The van der Waals surface area contributed by atoms with Crippen molar-refractivity contribution in [1.29, 1.82) is 0 Å². The number of thiocarbonyl (C=S) groups is 1. The van der Waals surface area contributed by atoms with Gasteiger partial charge in [0.15, 0.2) is 5.11 Å². The highest BCUT2D eigenvalue weighted by molar-refractivity contribution is 7.80. The second kappa shape index (κ2) is 10.6. The van der Waals surface area contributed by atoms with Crippen LogP contribution in [0.3, 0.4) is 0 Å². The Balaban J connectivity index is 1.20. The molecule has 2 heterocycles. The van der Waals surface area contributed by atoms with Crippen molar-refractivity contribution in [2.24, 2.45) is 0 Å². The van der Waals surface area contributed by atoms with Crippen LogP contribution < -0.4 is 10.6 Å². The Bertz CT molecular complexity index is 1660. The lowest BCUT2D eigenvalue weighted by Crippen LogP contribution is -2.32. The van der Waals surface area contributed by atoms with E-state index in [0.717, 1.165) is 16.8 Å². The summed E-state index contributed by atoms with van der Waals surface area (Å²) in [5.41, 5.74) is 4.65. The van der Waals surface area contributed by atoms with E-state index < -0.39 is 5.91 Å². The van der Waals surface area contributed by atoms with Crippen molar-refractivity contribution >= 4 is 69.2 Å². The number of fused-ring (bicyclic) bond motifs is 1. The predicted molar refractivity (Wildman–Crippen MR) is 151 cm³/mol. The molecule has 1 amide bonds. The maximum Gasteiger partial charge on any atom is 0.250 e. The number of benzene rings is 3. The van der Waals surface area contributed by atoms with Gasteiger partial charge in [-0.1, -0.05) is 29.3 Å². The number of hydrogen-bond acceptors (Lipinski definition) is 5. The van der Waals surface area contributed by atoms with E-state index in [1.165, 1.54) is 10.9 Å². The lowest BCUT2D eigenvalue weighted by molar-refractivity contribution is -0.115. The highest BCUT2D eigenvalue weighted by atomic mass is 35.5. The first kappa shape index (κ1) is 24.7. The minimum absolute atomic E-state index is 0.146. The lowest BCUT2D eigenvalue weighted by atomic mass is 10.2. The molecule has 5 aromatic rings. The number of halogens is 2. The van der Waals surface area contributed by atoms with Gasteiger partial charge in [-0.05, 0) is 97.5 Å². The Morgan fingerprint density at radius 2 is 1.76 bits per heavy atom. The Labute approximate surface area is 227 Å². The van der Waals surface area contributed by atoms with Crippen LogP contribution in [0.25, 0.3) is 34.1 Å². The Hall–Kier alpha value is -3.98. The minimum atomic E-state index is -0.398. The van der Waals surface area contributed by atoms with Crippen LogP contribution in [0, 0.1) is 6.92 Å². The molecule has 0 saturated heterocycles. The van der Waals surface area contributed by atoms with Crippen LogP contribution in [0.5, 0.6) is 0 Å². The number of furan rings is 1. The van der Waals surface area contributed by atoms with Crippen molar-refractivity contribution in [2.45, 2.75) is 6.92 Å². The molecule has 0 fully saturated rings. The molecular weight excluding hydrogens is 529 g/mol. The average Bonchev–Trinajstić information content (AvgIpc) is 3.52. The van der Waals surface area contributed by atoms with Crippen LogP contribution >= 0.6 is 35.4 Å². The van der Waals surface area contributed by atoms with E-state index in [1.807, 2.05) is 49.4 Å². The van der Waals surface area contributed by atoms with E-state index in [9.17, 15) is 4.79 Å². The van der Waals surface area contributed by atoms with Crippen LogP contribution in [0.2, 0.25) is 10.0 Å². The first-order chi connectivity index (χ1) is 17.8. The summed E-state index contributed by atoms with van der Waals surface area (Å²) in [4.78, 5) is 13.9. The molecule has 0 spiro atoms. The van der Waals surface area contributed by atoms with E-state index >= 15 is 0 Å². The summed E-state index contributed by atoms with van der Waals surface area (Å²) in [5, 5.41) is 16.1. The quantitative estimate of drug-likeness (QED) is 0.185. The molecule has 184 valence electrons. The fourth-order valence-corrected chi connectivity index (χ4v) is 4.02. The molecule has 0 radical (unpaired) electrons. The molecule has 0 aliphatic rings. The standard InChI is InChI=1S/C27H19Cl2N5O2S/c1-16-2-8-20(15-22(16)29)34-32-23-11-7-19(14-24(23)33-34)30-27(37)31-26(35)13-10-21-9-12-25(36-21)17-3-5-18(28)6-4-17/h2-15H,1H3,(H2,30,31,35,37). The van der Waals surface area contributed by atoms with Gasteiger partial charge in [-0.15, -0.1) is 10.2 Å². The Morgan fingerprint density at radius 3 is 2.54 bits per heavy atom. The van der Waals surface area contributed by atoms with Crippen LogP contribution in [0.4, 0.5) is 5.69 Å². The Kier molecular flexibility index (Phi) is 7.05. The third-order valence-electron chi connectivity index (χ3n) is 5.42. The molecular formula is C27H19Cl2N5O2S. The molecule has 7 nitrogen and oxygen atoms in total. The van der Waals surface area contributed by atoms with Crippen molar-refractivity contribution < 1.29 is 9.21 Å². The average molecular weight is 548 g/mol. The maximum absolute atomic E-state index is 12.3. The predicted octanol–water partition coefficient (Wildman–Crippen LogP) is 6.82. The van der Waals surface area contributed by atoms with Gasteiger partial charge in [0.1, 0.15) is 22.6 Å². The van der Waals surface area contributed by atoms with E-state index in [1.54, 1.807) is 36.4 Å². The van der Waals surface area contributed by atoms with Crippen molar-refractivity contribution in [2.75, 3.05) is 5.32 Å². The van der Waals surface area contributed by atoms with Crippen LogP contribution in [-0.2, 0) is 4.79 Å². The van der Waals surface area contributed by atoms with Gasteiger partial charge < -0.3 is 9.73 Å². The number of aryl methyl sites for hydroxylation is 1. The summed E-state index contributed by atoms with van der Waals surface area (Å²) in [6.45, 7) is 1.93. The van der Waals surface area contributed by atoms with Gasteiger partial charge in [0.05, 0.1) is 5.69 Å². The number of carbonyl (C=O) groups is 1. The van der Waals surface area contributed by atoms with E-state index in [-0.39, 0.29) is 5.11 Å². The van der Waals surface area contributed by atoms with Crippen LogP contribution in [0.15, 0.2) is 83.3 Å². The highest BCUT2D eigenvalue weighted by Crippen LogP contribution is 2.24. The molecule has 2 N–H and O–H groups in total. The summed E-state index contributed by atoms with van der Waals surface area (Å²) in [7, 11) is 0. The van der Waals surface area contributed by atoms with E-state index in [4.69, 9.17) is 39.8 Å². The monoisotopic (exact) mass is 547 g/mol. The zero-order valence-corrected chi connectivity index (χ0v) is 21.7. The normalized spacial score (nSPS) is 11.2. The lowest BCUT2D eigenvalue weighted by Gasteiger charge is -2.07. The summed E-state index contributed by atoms with van der Waals surface area (Å²) in [5.74, 6) is 0.805. The van der Waals surface area contributed by atoms with Gasteiger partial charge >= 0.3 is 0 Å². The number of nitrogens with one attached hydrogen (secondary N) is 2. The van der Waals surface area contributed by atoms with Gasteiger partial charge in [-0.2, -0.15) is 4.80 Å². The van der Waals surface area contributed by atoms with Gasteiger partial charge in [-0.25, -0.2) is 0 Å². The van der Waals surface area contributed by atoms with Gasteiger partial charge in [0.2, 0.25) is 5.91 Å². The van der Waals surface area contributed by atoms with Crippen molar-refractivity contribution in [3.63, 3.8) is 0 Å². The van der Waals surface area contributed by atoms with Crippen molar-refractivity contribution in [1.82, 2.24) is 20.3 Å². The second-order valence-corrected chi connectivity index (χ2v) is 9.36. The SMILES string of the molecule is Cc1ccc(-n2nc3ccc(NC(=S)NC(=O)C=Cc4ccc(-c5ccc(Cl)cc5)o4)cc3n2)cc1Cl. The number of carbonyl (C=O) groups excluding carboxylic acids is 1. The summed E-state index contributed by atoms with van der Waals surface area (Å²) in [6, 6.07) is 21.9. The molecule has 0 saturated carbocycles. The number of aromatic nitrogens is 3. The zero-order valence-electron chi connectivity index (χ0n) is 19.4. The Morgan fingerprint density at radius 1 is 0.973 bits per heavy atom. The fraction of sp³-hybridized carbons (Fsp3) is 0.0370. The molecule has 10 heteroatoms. The highest BCUT2D eigenvalue weighted by Gasteiger charge is 2.09. The minimum Gasteiger partial charge on any atom is -0.457 e. The zero-order chi connectivity index (χ0) is 25.9. The first-order valence-corrected chi connectivity index (χ1v) is 12.3. The molecule has 37 heavy (non-hydrogen) atoms. The fourth-order valence-electron chi connectivity index (χ4n) is 3.50. The third kappa shape index (κ3) is 5.89. The van der Waals surface area contributed by atoms with Crippen molar-refractivity contribution in [3.8, 4) is 17.0 Å².